The lowest BCUT2D eigenvalue weighted by Crippen LogP contribution is -2.57. The average molecular weight is 237 g/mol. The molecular formula is C14H23NO2. The molecule has 3 nitrogen and oxygen atoms in total. The van der Waals surface area contributed by atoms with Gasteiger partial charge in [-0.15, -0.1) is 0 Å². The summed E-state index contributed by atoms with van der Waals surface area (Å²) in [5.41, 5.74) is 0. The van der Waals surface area contributed by atoms with E-state index in [1.807, 2.05) is 0 Å². The first-order valence-electron chi connectivity index (χ1n) is 7.23. The van der Waals surface area contributed by atoms with E-state index in [1.54, 1.807) is 0 Å². The van der Waals surface area contributed by atoms with Gasteiger partial charge in [0.05, 0.1) is 12.7 Å². The summed E-state index contributed by atoms with van der Waals surface area (Å²) in [6.07, 6.45) is 9.53. The molecule has 1 heterocycles. The van der Waals surface area contributed by atoms with Gasteiger partial charge in [-0.2, -0.15) is 0 Å². The zero-order chi connectivity index (χ0) is 11.7. The summed E-state index contributed by atoms with van der Waals surface area (Å²) < 4.78 is 5.90. The average Bonchev–Trinajstić information content (AvgIpc) is 2.38. The van der Waals surface area contributed by atoms with Gasteiger partial charge in [-0.1, -0.05) is 12.8 Å². The van der Waals surface area contributed by atoms with Gasteiger partial charge in [0.15, 0.2) is 0 Å². The van der Waals surface area contributed by atoms with Crippen LogP contribution in [0.4, 0.5) is 0 Å². The lowest BCUT2D eigenvalue weighted by atomic mass is 9.86. The highest BCUT2D eigenvalue weighted by Gasteiger charge is 2.38. The molecule has 96 valence electrons. The summed E-state index contributed by atoms with van der Waals surface area (Å²) in [7, 11) is 0. The van der Waals surface area contributed by atoms with Gasteiger partial charge in [0, 0.05) is 31.5 Å². The number of carbonyl (C=O) groups is 1. The van der Waals surface area contributed by atoms with Crippen molar-refractivity contribution >= 4 is 5.78 Å². The number of hydrogen-bond donors (Lipinski definition) is 0. The molecule has 3 fully saturated rings. The Labute approximate surface area is 104 Å². The second kappa shape index (κ2) is 5.07. The van der Waals surface area contributed by atoms with Crippen LogP contribution in [0.25, 0.3) is 0 Å². The number of carbonyl (C=O) groups excluding carboxylic acids is 1. The summed E-state index contributed by atoms with van der Waals surface area (Å²) in [6, 6.07) is 1.12. The molecule has 3 heteroatoms. The Morgan fingerprint density at radius 3 is 2.88 bits per heavy atom. The van der Waals surface area contributed by atoms with Gasteiger partial charge in [-0.05, 0) is 25.7 Å². The predicted molar refractivity (Wildman–Crippen MR) is 66.0 cm³/mol. The van der Waals surface area contributed by atoms with Gasteiger partial charge < -0.3 is 4.74 Å². The van der Waals surface area contributed by atoms with Gasteiger partial charge in [0.2, 0.25) is 0 Å². The summed E-state index contributed by atoms with van der Waals surface area (Å²) in [6.45, 7) is 1.91. The van der Waals surface area contributed by atoms with Crippen LogP contribution in [-0.2, 0) is 9.53 Å². The molecule has 3 aliphatic rings. The number of Topliss-reactive ketones (excluding diaryl/α,β-unsaturated/α-hetero) is 1. The zero-order valence-electron chi connectivity index (χ0n) is 10.6. The number of ether oxygens (including phenoxy) is 1. The molecule has 0 bridgehead atoms. The van der Waals surface area contributed by atoms with Gasteiger partial charge in [-0.25, -0.2) is 0 Å². The largest absolute Gasteiger partial charge is 0.375 e. The second-order valence-electron chi connectivity index (χ2n) is 5.79. The minimum atomic E-state index is 0.453. The van der Waals surface area contributed by atoms with Crippen LogP contribution in [-0.4, -0.2) is 42.0 Å². The van der Waals surface area contributed by atoms with Crippen molar-refractivity contribution in [1.82, 2.24) is 4.90 Å². The first kappa shape index (κ1) is 11.7. The minimum Gasteiger partial charge on any atom is -0.375 e. The molecule has 0 aromatic rings. The number of nitrogens with zero attached hydrogens (tertiary/aromatic N) is 1. The summed E-state index contributed by atoms with van der Waals surface area (Å²) in [4.78, 5) is 14.2. The van der Waals surface area contributed by atoms with E-state index in [0.29, 0.717) is 24.0 Å². The quantitative estimate of drug-likeness (QED) is 0.700. The van der Waals surface area contributed by atoms with Crippen molar-refractivity contribution in [3.05, 3.63) is 0 Å². The van der Waals surface area contributed by atoms with E-state index in [-0.39, 0.29) is 0 Å². The summed E-state index contributed by atoms with van der Waals surface area (Å²) >= 11 is 0. The molecule has 1 aliphatic heterocycles. The standard InChI is InChI=1S/C14H23NO2/c16-12-5-3-4-11(10-12)15-8-9-17-14-7-2-1-6-13(14)15/h11,13-14H,1-10H2. The molecule has 0 aromatic heterocycles. The third-order valence-corrected chi connectivity index (χ3v) is 4.70. The second-order valence-corrected chi connectivity index (χ2v) is 5.79. The normalized spacial score (nSPS) is 40.0. The molecule has 17 heavy (non-hydrogen) atoms. The predicted octanol–water partition coefficient (Wildman–Crippen LogP) is 2.14. The lowest BCUT2D eigenvalue weighted by molar-refractivity contribution is -0.129. The van der Waals surface area contributed by atoms with Crippen LogP contribution in [0, 0.1) is 0 Å². The van der Waals surface area contributed by atoms with Crippen molar-refractivity contribution in [3.63, 3.8) is 0 Å². The van der Waals surface area contributed by atoms with Crippen molar-refractivity contribution < 1.29 is 9.53 Å². The molecule has 3 rings (SSSR count). The van der Waals surface area contributed by atoms with Crippen molar-refractivity contribution in [3.8, 4) is 0 Å². The maximum Gasteiger partial charge on any atom is 0.134 e. The molecule has 3 atom stereocenters. The minimum absolute atomic E-state index is 0.453. The van der Waals surface area contributed by atoms with E-state index in [0.717, 1.165) is 32.4 Å². The highest BCUT2D eigenvalue weighted by Crippen LogP contribution is 2.32. The maximum atomic E-state index is 11.6. The molecule has 1 saturated heterocycles. The Kier molecular flexibility index (Phi) is 3.48. The first-order valence-corrected chi connectivity index (χ1v) is 7.23. The van der Waals surface area contributed by atoms with Crippen LogP contribution in [0.1, 0.15) is 51.4 Å². The van der Waals surface area contributed by atoms with Crippen molar-refractivity contribution in [2.75, 3.05) is 13.2 Å². The number of ketones is 1. The van der Waals surface area contributed by atoms with Crippen LogP contribution >= 0.6 is 0 Å². The van der Waals surface area contributed by atoms with Crippen LogP contribution in [0.5, 0.6) is 0 Å². The van der Waals surface area contributed by atoms with Crippen LogP contribution < -0.4 is 0 Å². The number of hydrogen-bond acceptors (Lipinski definition) is 3. The third-order valence-electron chi connectivity index (χ3n) is 4.70. The smallest absolute Gasteiger partial charge is 0.134 e. The number of fused-ring (bicyclic) bond motifs is 1. The highest BCUT2D eigenvalue weighted by molar-refractivity contribution is 5.79. The van der Waals surface area contributed by atoms with E-state index in [9.17, 15) is 4.79 Å². The monoisotopic (exact) mass is 237 g/mol. The van der Waals surface area contributed by atoms with E-state index >= 15 is 0 Å². The Morgan fingerprint density at radius 1 is 1.12 bits per heavy atom. The van der Waals surface area contributed by atoms with Gasteiger partial charge in [-0.3, -0.25) is 9.69 Å². The fourth-order valence-electron chi connectivity index (χ4n) is 3.86. The molecule has 0 spiro atoms. The molecule has 2 aliphatic carbocycles. The molecule has 0 aromatic carbocycles. The summed E-state index contributed by atoms with van der Waals surface area (Å²) in [5, 5.41) is 0. The fourth-order valence-corrected chi connectivity index (χ4v) is 3.86. The van der Waals surface area contributed by atoms with Crippen LogP contribution in [0.3, 0.4) is 0 Å². The van der Waals surface area contributed by atoms with Crippen LogP contribution in [0.2, 0.25) is 0 Å². The first-order chi connectivity index (χ1) is 8.34. The Hall–Kier alpha value is -0.410. The Bertz CT molecular complexity index is 290. The van der Waals surface area contributed by atoms with Gasteiger partial charge in [0.25, 0.3) is 0 Å². The van der Waals surface area contributed by atoms with Crippen molar-refractivity contribution in [1.29, 1.82) is 0 Å². The molecule has 2 saturated carbocycles. The SMILES string of the molecule is O=C1CCCC(N2CCOC3CCCCC32)C1. The van der Waals surface area contributed by atoms with E-state index in [2.05, 4.69) is 4.90 Å². The molecular weight excluding hydrogens is 214 g/mol. The number of morpholine rings is 1. The van der Waals surface area contributed by atoms with E-state index < -0.39 is 0 Å². The van der Waals surface area contributed by atoms with Crippen molar-refractivity contribution in [2.24, 2.45) is 0 Å². The van der Waals surface area contributed by atoms with Crippen molar-refractivity contribution in [2.45, 2.75) is 69.6 Å². The molecule has 3 unspecified atom stereocenters. The molecule has 0 radical (unpaired) electrons. The van der Waals surface area contributed by atoms with Gasteiger partial charge in [0.1, 0.15) is 5.78 Å². The van der Waals surface area contributed by atoms with Crippen LogP contribution in [0.15, 0.2) is 0 Å². The Balaban J connectivity index is 1.69. The molecule has 0 amide bonds. The maximum absolute atomic E-state index is 11.6. The number of rotatable bonds is 1. The van der Waals surface area contributed by atoms with Gasteiger partial charge >= 0.3 is 0 Å². The highest BCUT2D eigenvalue weighted by atomic mass is 16.5. The Morgan fingerprint density at radius 2 is 2.00 bits per heavy atom. The van der Waals surface area contributed by atoms with E-state index in [4.69, 9.17) is 4.74 Å². The zero-order valence-corrected chi connectivity index (χ0v) is 10.6. The topological polar surface area (TPSA) is 29.5 Å². The lowest BCUT2D eigenvalue weighted by Gasteiger charge is -2.48. The van der Waals surface area contributed by atoms with E-state index in [1.165, 1.54) is 32.1 Å². The third kappa shape index (κ3) is 2.41. The fraction of sp³-hybridized carbons (Fsp3) is 0.929. The summed E-state index contributed by atoms with van der Waals surface area (Å²) in [5.74, 6) is 0.472. The molecule has 0 N–H and O–H groups in total.